The van der Waals surface area contributed by atoms with Crippen LogP contribution in [0.2, 0.25) is 6.82 Å². The first kappa shape index (κ1) is 12.8. The zero-order valence-electron chi connectivity index (χ0n) is 6.94. The van der Waals surface area contributed by atoms with Crippen molar-refractivity contribution in [2.45, 2.75) is 13.7 Å². The molecule has 0 rings (SSSR count). The summed E-state index contributed by atoms with van der Waals surface area (Å²) in [7, 11) is -1.17. The Morgan fingerprint density at radius 3 is 2.18 bits per heavy atom. The Bertz CT molecular complexity index is 130. The van der Waals surface area contributed by atoms with Gasteiger partial charge in [-0.1, -0.05) is 12.7 Å². The molecule has 62 valence electrons. The average Bonchev–Trinajstić information content (AvgIpc) is 1.88. The standard InChI is InChI=1S/C6H9N.CH5BO2/c1-3-5-6-7-4-2;1-2(3)4/h3-6H,2H2,1H3;3-4H,1H3/b5-3-,7-6?;. The molecule has 0 aliphatic rings. The van der Waals surface area contributed by atoms with Gasteiger partial charge in [0.05, 0.1) is 0 Å². The minimum atomic E-state index is -1.17. The molecule has 0 radical (unpaired) electrons. The van der Waals surface area contributed by atoms with Crippen LogP contribution in [0.1, 0.15) is 6.92 Å². The van der Waals surface area contributed by atoms with Crippen LogP contribution in [0.15, 0.2) is 29.9 Å². The van der Waals surface area contributed by atoms with Crippen molar-refractivity contribution in [3.63, 3.8) is 0 Å². The Hall–Kier alpha value is -0.865. The van der Waals surface area contributed by atoms with Gasteiger partial charge in [-0.05, 0) is 19.8 Å². The van der Waals surface area contributed by atoms with E-state index < -0.39 is 7.12 Å². The number of hydrogen-bond acceptors (Lipinski definition) is 3. The SMILES string of the molecule is C=CN=C/C=C\C.CB(O)O. The van der Waals surface area contributed by atoms with E-state index in [0.29, 0.717) is 0 Å². The number of aliphatic imine (C=N–C) groups is 1. The summed E-state index contributed by atoms with van der Waals surface area (Å²) in [6.07, 6.45) is 6.95. The number of rotatable bonds is 2. The molecule has 11 heavy (non-hydrogen) atoms. The molecule has 0 atom stereocenters. The molecule has 0 heterocycles. The second-order valence-corrected chi connectivity index (χ2v) is 1.64. The van der Waals surface area contributed by atoms with Crippen LogP contribution < -0.4 is 0 Å². The largest absolute Gasteiger partial charge is 0.448 e. The van der Waals surface area contributed by atoms with E-state index in [-0.39, 0.29) is 0 Å². The van der Waals surface area contributed by atoms with Crippen molar-refractivity contribution < 1.29 is 10.0 Å². The first-order chi connectivity index (χ1) is 5.15. The Morgan fingerprint density at radius 2 is 1.91 bits per heavy atom. The van der Waals surface area contributed by atoms with Gasteiger partial charge in [0, 0.05) is 12.4 Å². The van der Waals surface area contributed by atoms with Crippen LogP contribution in [0.4, 0.5) is 0 Å². The maximum atomic E-state index is 7.61. The highest BCUT2D eigenvalue weighted by atomic mass is 16.4. The highest BCUT2D eigenvalue weighted by Crippen LogP contribution is 1.66. The van der Waals surface area contributed by atoms with Crippen molar-refractivity contribution in [2.24, 2.45) is 4.99 Å². The van der Waals surface area contributed by atoms with E-state index in [1.54, 1.807) is 6.21 Å². The molecule has 2 N–H and O–H groups in total. The quantitative estimate of drug-likeness (QED) is 0.459. The van der Waals surface area contributed by atoms with Gasteiger partial charge in [0.15, 0.2) is 0 Å². The highest BCUT2D eigenvalue weighted by Gasteiger charge is 1.86. The molecule has 4 heteroatoms. The fourth-order valence-electron chi connectivity index (χ4n) is 0.197. The van der Waals surface area contributed by atoms with Crippen LogP contribution >= 0.6 is 0 Å². The fourth-order valence-corrected chi connectivity index (χ4v) is 0.197. The van der Waals surface area contributed by atoms with Crippen LogP contribution in [-0.2, 0) is 0 Å². The molecule has 0 amide bonds. The first-order valence-electron chi connectivity index (χ1n) is 3.26. The molecule has 0 bridgehead atoms. The number of nitrogens with zero attached hydrogens (tertiary/aromatic N) is 1. The molecular weight excluding hydrogens is 141 g/mol. The van der Waals surface area contributed by atoms with Crippen molar-refractivity contribution in [2.75, 3.05) is 0 Å². The molecule has 0 fully saturated rings. The van der Waals surface area contributed by atoms with Crippen LogP contribution in [0.25, 0.3) is 0 Å². The van der Waals surface area contributed by atoms with Crippen LogP contribution in [0.3, 0.4) is 0 Å². The van der Waals surface area contributed by atoms with E-state index in [0.717, 1.165) is 0 Å². The van der Waals surface area contributed by atoms with Crippen molar-refractivity contribution in [1.82, 2.24) is 0 Å². The maximum absolute atomic E-state index is 7.61. The van der Waals surface area contributed by atoms with Gasteiger partial charge in [-0.15, -0.1) is 0 Å². The van der Waals surface area contributed by atoms with Crippen molar-refractivity contribution in [1.29, 1.82) is 0 Å². The van der Waals surface area contributed by atoms with Gasteiger partial charge in [-0.2, -0.15) is 0 Å². The third-order valence-electron chi connectivity index (χ3n) is 0.470. The molecule has 0 aliphatic heterocycles. The summed E-state index contributed by atoms with van der Waals surface area (Å²) < 4.78 is 0. The predicted molar refractivity (Wildman–Crippen MR) is 49.6 cm³/mol. The summed E-state index contributed by atoms with van der Waals surface area (Å²) in [5.74, 6) is 0. The summed E-state index contributed by atoms with van der Waals surface area (Å²) in [6.45, 7) is 6.62. The third kappa shape index (κ3) is 47.3. The fraction of sp³-hybridized carbons (Fsp3) is 0.286. The van der Waals surface area contributed by atoms with Gasteiger partial charge >= 0.3 is 7.12 Å². The molecule has 0 saturated carbocycles. The van der Waals surface area contributed by atoms with Crippen molar-refractivity contribution in [3.05, 3.63) is 24.9 Å². The zero-order valence-corrected chi connectivity index (χ0v) is 6.94. The molecule has 0 saturated heterocycles. The molecule has 0 aromatic rings. The van der Waals surface area contributed by atoms with Crippen LogP contribution in [0.5, 0.6) is 0 Å². The van der Waals surface area contributed by atoms with Gasteiger partial charge < -0.3 is 10.0 Å². The van der Waals surface area contributed by atoms with Gasteiger partial charge in [0.1, 0.15) is 0 Å². The first-order valence-corrected chi connectivity index (χ1v) is 3.26. The molecule has 3 nitrogen and oxygen atoms in total. The topological polar surface area (TPSA) is 52.8 Å². The molecule has 0 aromatic carbocycles. The van der Waals surface area contributed by atoms with E-state index in [1.165, 1.54) is 13.0 Å². The molecular formula is C7H14BNO2. The van der Waals surface area contributed by atoms with Gasteiger partial charge in [-0.25, -0.2) is 0 Å². The monoisotopic (exact) mass is 155 g/mol. The number of hydrogen-bond donors (Lipinski definition) is 2. The van der Waals surface area contributed by atoms with E-state index in [1.807, 2.05) is 19.1 Å². The van der Waals surface area contributed by atoms with Gasteiger partial charge in [-0.3, -0.25) is 4.99 Å². The smallest absolute Gasteiger partial charge is 0.427 e. The van der Waals surface area contributed by atoms with E-state index in [9.17, 15) is 0 Å². The zero-order chi connectivity index (χ0) is 9.11. The molecule has 0 aliphatic carbocycles. The lowest BCUT2D eigenvalue weighted by Crippen LogP contribution is -2.00. The summed E-state index contributed by atoms with van der Waals surface area (Å²) >= 11 is 0. The van der Waals surface area contributed by atoms with Gasteiger partial charge in [0.2, 0.25) is 0 Å². The second-order valence-electron chi connectivity index (χ2n) is 1.64. The summed E-state index contributed by atoms with van der Waals surface area (Å²) in [6, 6.07) is 0. The second kappa shape index (κ2) is 11.9. The minimum absolute atomic E-state index is 1.17. The predicted octanol–water partition coefficient (Wildman–Crippen LogP) is 0.866. The Morgan fingerprint density at radius 1 is 1.45 bits per heavy atom. The van der Waals surface area contributed by atoms with Crippen molar-refractivity contribution >= 4 is 13.3 Å². The van der Waals surface area contributed by atoms with Gasteiger partial charge in [0.25, 0.3) is 0 Å². The normalized spacial score (nSPS) is 9.45. The number of allylic oxidation sites excluding steroid dienone is 2. The summed E-state index contributed by atoms with van der Waals surface area (Å²) in [5, 5.41) is 15.2. The lowest BCUT2D eigenvalue weighted by Gasteiger charge is -1.71. The van der Waals surface area contributed by atoms with Crippen molar-refractivity contribution in [3.8, 4) is 0 Å². The minimum Gasteiger partial charge on any atom is -0.427 e. The Kier molecular flexibility index (Phi) is 13.8. The highest BCUT2D eigenvalue weighted by molar-refractivity contribution is 6.38. The third-order valence-corrected chi connectivity index (χ3v) is 0.470. The summed E-state index contributed by atoms with van der Waals surface area (Å²) in [4.78, 5) is 3.71. The Balaban J connectivity index is 0. The summed E-state index contributed by atoms with van der Waals surface area (Å²) in [5.41, 5.74) is 0. The molecule has 0 unspecified atom stereocenters. The van der Waals surface area contributed by atoms with Crippen LogP contribution in [0, 0.1) is 0 Å². The Labute approximate surface area is 67.9 Å². The molecule has 0 spiro atoms. The lowest BCUT2D eigenvalue weighted by atomic mass is 9.99. The maximum Gasteiger partial charge on any atom is 0.448 e. The molecule has 0 aromatic heterocycles. The van der Waals surface area contributed by atoms with Crippen LogP contribution in [-0.4, -0.2) is 23.4 Å². The van der Waals surface area contributed by atoms with E-state index >= 15 is 0 Å². The van der Waals surface area contributed by atoms with E-state index in [4.69, 9.17) is 10.0 Å². The van der Waals surface area contributed by atoms with E-state index in [2.05, 4.69) is 11.6 Å². The average molecular weight is 155 g/mol. The lowest BCUT2D eigenvalue weighted by molar-refractivity contribution is 0.417.